The first-order chi connectivity index (χ1) is 8.34. The van der Waals surface area contributed by atoms with Crippen molar-refractivity contribution in [1.29, 1.82) is 0 Å². The Hall–Kier alpha value is -0.870. The van der Waals surface area contributed by atoms with Crippen LogP contribution >= 0.6 is 15.9 Å². The molecule has 1 aromatic rings. The van der Waals surface area contributed by atoms with Crippen molar-refractivity contribution >= 4 is 27.5 Å². The van der Waals surface area contributed by atoms with Crippen LogP contribution in [0.25, 0.3) is 0 Å². The fourth-order valence-corrected chi connectivity index (χ4v) is 2.60. The predicted octanol–water partition coefficient (Wildman–Crippen LogP) is 3.52. The average Bonchev–Trinajstić information content (AvgIpc) is 2.32. The van der Waals surface area contributed by atoms with Gasteiger partial charge in [-0.1, -0.05) is 29.8 Å². The van der Waals surface area contributed by atoms with Crippen molar-refractivity contribution in [2.45, 2.75) is 46.1 Å². The molecule has 100 valence electrons. The van der Waals surface area contributed by atoms with Crippen molar-refractivity contribution in [2.24, 2.45) is 5.73 Å². The van der Waals surface area contributed by atoms with Crippen LogP contribution in [-0.2, 0) is 4.79 Å². The van der Waals surface area contributed by atoms with E-state index in [0.717, 1.165) is 21.3 Å². The summed E-state index contributed by atoms with van der Waals surface area (Å²) in [5.74, 6) is -0.110. The van der Waals surface area contributed by atoms with Crippen molar-refractivity contribution in [3.8, 4) is 0 Å². The zero-order valence-electron chi connectivity index (χ0n) is 11.4. The van der Waals surface area contributed by atoms with Crippen LogP contribution in [0.3, 0.4) is 0 Å². The second-order valence-corrected chi connectivity index (χ2v) is 5.65. The second-order valence-electron chi connectivity index (χ2n) is 4.73. The molecule has 0 saturated carbocycles. The minimum Gasteiger partial charge on any atom is -0.324 e. The average molecular weight is 313 g/mol. The number of nitrogens with one attached hydrogen (secondary N) is 1. The number of rotatable bonds is 4. The Labute approximate surface area is 117 Å². The minimum atomic E-state index is -0.786. The summed E-state index contributed by atoms with van der Waals surface area (Å²) >= 11 is 3.44. The molecule has 1 aromatic carbocycles. The molecule has 0 heterocycles. The second kappa shape index (κ2) is 5.85. The summed E-state index contributed by atoms with van der Waals surface area (Å²) < 4.78 is 1.01. The molecule has 1 amide bonds. The van der Waals surface area contributed by atoms with E-state index in [2.05, 4.69) is 21.2 Å². The summed E-state index contributed by atoms with van der Waals surface area (Å²) in [4.78, 5) is 12.2. The lowest BCUT2D eigenvalue weighted by atomic mass is 9.93. The van der Waals surface area contributed by atoms with Crippen molar-refractivity contribution < 1.29 is 4.79 Å². The van der Waals surface area contributed by atoms with E-state index in [0.29, 0.717) is 12.8 Å². The molecule has 0 unspecified atom stereocenters. The van der Waals surface area contributed by atoms with Crippen LogP contribution < -0.4 is 11.1 Å². The summed E-state index contributed by atoms with van der Waals surface area (Å²) in [6.07, 6.45) is 1.26. The van der Waals surface area contributed by atoms with Gasteiger partial charge >= 0.3 is 0 Å². The Morgan fingerprint density at radius 1 is 1.28 bits per heavy atom. The third kappa shape index (κ3) is 3.12. The van der Waals surface area contributed by atoms with Gasteiger partial charge in [0.2, 0.25) is 5.91 Å². The number of hydrogen-bond acceptors (Lipinski definition) is 2. The van der Waals surface area contributed by atoms with Gasteiger partial charge in [0.1, 0.15) is 0 Å². The number of hydrogen-bond donors (Lipinski definition) is 2. The smallest absolute Gasteiger partial charge is 0.244 e. The summed E-state index contributed by atoms with van der Waals surface area (Å²) in [5.41, 5.74) is 8.24. The van der Waals surface area contributed by atoms with Gasteiger partial charge in [-0.15, -0.1) is 0 Å². The highest BCUT2D eigenvalue weighted by Crippen LogP contribution is 2.26. The van der Waals surface area contributed by atoms with Gasteiger partial charge in [-0.2, -0.15) is 0 Å². The first-order valence-corrected chi connectivity index (χ1v) is 7.00. The SMILES string of the molecule is CCC(N)(CC)C(=O)Nc1c(C)cc(Br)cc1C. The Kier molecular flexibility index (Phi) is 4.93. The summed E-state index contributed by atoms with van der Waals surface area (Å²) in [7, 11) is 0. The number of halogens is 1. The maximum absolute atomic E-state index is 12.2. The number of benzene rings is 1. The molecule has 3 N–H and O–H groups in total. The largest absolute Gasteiger partial charge is 0.324 e. The molecule has 0 atom stereocenters. The molecular formula is C14H21BrN2O. The van der Waals surface area contributed by atoms with Crippen molar-refractivity contribution in [3.63, 3.8) is 0 Å². The van der Waals surface area contributed by atoms with E-state index in [-0.39, 0.29) is 5.91 Å². The van der Waals surface area contributed by atoms with Gasteiger partial charge in [0.25, 0.3) is 0 Å². The molecule has 1 rings (SSSR count). The first kappa shape index (κ1) is 15.2. The molecular weight excluding hydrogens is 292 g/mol. The van der Waals surface area contributed by atoms with Crippen LogP contribution in [-0.4, -0.2) is 11.4 Å². The zero-order valence-corrected chi connectivity index (χ0v) is 13.0. The molecule has 0 aliphatic rings. The van der Waals surface area contributed by atoms with E-state index < -0.39 is 5.54 Å². The summed E-state index contributed by atoms with van der Waals surface area (Å²) in [5, 5.41) is 2.96. The Morgan fingerprint density at radius 2 is 1.72 bits per heavy atom. The highest BCUT2D eigenvalue weighted by molar-refractivity contribution is 9.10. The van der Waals surface area contributed by atoms with Gasteiger partial charge in [0.15, 0.2) is 0 Å². The van der Waals surface area contributed by atoms with Crippen LogP contribution in [0, 0.1) is 13.8 Å². The number of amides is 1. The van der Waals surface area contributed by atoms with Crippen LogP contribution in [0.5, 0.6) is 0 Å². The van der Waals surface area contributed by atoms with Gasteiger partial charge in [-0.3, -0.25) is 4.79 Å². The van der Waals surface area contributed by atoms with Crippen LogP contribution in [0.4, 0.5) is 5.69 Å². The maximum atomic E-state index is 12.2. The van der Waals surface area contributed by atoms with Gasteiger partial charge in [-0.05, 0) is 49.9 Å². The number of carbonyl (C=O) groups is 1. The predicted molar refractivity (Wildman–Crippen MR) is 79.7 cm³/mol. The Bertz CT molecular complexity index is 430. The zero-order chi connectivity index (χ0) is 13.9. The maximum Gasteiger partial charge on any atom is 0.244 e. The first-order valence-electron chi connectivity index (χ1n) is 6.21. The molecule has 0 radical (unpaired) electrons. The topological polar surface area (TPSA) is 55.1 Å². The van der Waals surface area contributed by atoms with Gasteiger partial charge in [0, 0.05) is 10.2 Å². The lowest BCUT2D eigenvalue weighted by Crippen LogP contribution is -2.50. The standard InChI is InChI=1S/C14H21BrN2O/c1-5-14(16,6-2)13(18)17-12-9(3)7-11(15)8-10(12)4/h7-8H,5-6,16H2,1-4H3,(H,17,18). The monoisotopic (exact) mass is 312 g/mol. The quantitative estimate of drug-likeness (QED) is 0.893. The van der Waals surface area contributed by atoms with Crippen LogP contribution in [0.15, 0.2) is 16.6 Å². The summed E-state index contributed by atoms with van der Waals surface area (Å²) in [6.45, 7) is 7.82. The summed E-state index contributed by atoms with van der Waals surface area (Å²) in [6, 6.07) is 3.97. The third-order valence-electron chi connectivity index (χ3n) is 3.45. The molecule has 0 aliphatic heterocycles. The molecule has 18 heavy (non-hydrogen) atoms. The normalized spacial score (nSPS) is 11.4. The highest BCUT2D eigenvalue weighted by atomic mass is 79.9. The number of aryl methyl sites for hydroxylation is 2. The Morgan fingerprint density at radius 3 is 2.11 bits per heavy atom. The van der Waals surface area contributed by atoms with Gasteiger partial charge in [0.05, 0.1) is 5.54 Å². The van der Waals surface area contributed by atoms with Crippen molar-refractivity contribution in [1.82, 2.24) is 0 Å². The van der Waals surface area contributed by atoms with E-state index >= 15 is 0 Å². The Balaban J connectivity index is 3.02. The van der Waals surface area contributed by atoms with Gasteiger partial charge < -0.3 is 11.1 Å². The fourth-order valence-electron chi connectivity index (χ4n) is 1.92. The highest BCUT2D eigenvalue weighted by Gasteiger charge is 2.30. The molecule has 3 nitrogen and oxygen atoms in total. The van der Waals surface area contributed by atoms with Crippen molar-refractivity contribution in [3.05, 3.63) is 27.7 Å². The lowest BCUT2D eigenvalue weighted by molar-refractivity contribution is -0.121. The van der Waals surface area contributed by atoms with E-state index in [4.69, 9.17) is 5.73 Å². The van der Waals surface area contributed by atoms with Gasteiger partial charge in [-0.25, -0.2) is 0 Å². The molecule has 0 fully saturated rings. The molecule has 0 bridgehead atoms. The van der Waals surface area contributed by atoms with Crippen LogP contribution in [0.2, 0.25) is 0 Å². The number of anilines is 1. The molecule has 4 heteroatoms. The number of nitrogens with two attached hydrogens (primary N) is 1. The third-order valence-corrected chi connectivity index (χ3v) is 3.91. The van der Waals surface area contributed by atoms with E-state index in [1.807, 2.05) is 39.8 Å². The molecule has 0 spiro atoms. The lowest BCUT2D eigenvalue weighted by Gasteiger charge is -2.26. The van der Waals surface area contributed by atoms with E-state index in [1.54, 1.807) is 0 Å². The fraction of sp³-hybridized carbons (Fsp3) is 0.500. The minimum absolute atomic E-state index is 0.110. The van der Waals surface area contributed by atoms with E-state index in [1.165, 1.54) is 0 Å². The van der Waals surface area contributed by atoms with E-state index in [9.17, 15) is 4.79 Å². The number of carbonyl (C=O) groups excluding carboxylic acids is 1. The molecule has 0 saturated heterocycles. The van der Waals surface area contributed by atoms with Crippen LogP contribution in [0.1, 0.15) is 37.8 Å². The molecule has 0 aliphatic carbocycles. The van der Waals surface area contributed by atoms with Crippen molar-refractivity contribution in [2.75, 3.05) is 5.32 Å². The molecule has 0 aromatic heterocycles.